The van der Waals surface area contributed by atoms with Gasteiger partial charge in [0.15, 0.2) is 0 Å². The van der Waals surface area contributed by atoms with Gasteiger partial charge in [0.2, 0.25) is 17.2 Å². The Hall–Kier alpha value is -2.14. The summed E-state index contributed by atoms with van der Waals surface area (Å²) in [5.74, 6) is 0.769. The maximum Gasteiger partial charge on any atom is 0.385 e. The van der Waals surface area contributed by atoms with Gasteiger partial charge >= 0.3 is 7.60 Å². The first-order valence-corrected chi connectivity index (χ1v) is 10.2. The smallest absolute Gasteiger partial charge is 0.385 e. The zero-order valence-corrected chi connectivity index (χ0v) is 16.1. The molecular weight excluding hydrogens is 351 g/mol. The highest BCUT2D eigenvalue weighted by Crippen LogP contribution is 2.48. The van der Waals surface area contributed by atoms with Crippen molar-refractivity contribution in [1.82, 2.24) is 4.98 Å². The van der Waals surface area contributed by atoms with Crippen molar-refractivity contribution in [2.45, 2.75) is 20.3 Å². The number of rotatable bonds is 8. The predicted molar refractivity (Wildman–Crippen MR) is 103 cm³/mol. The van der Waals surface area contributed by atoms with E-state index in [0.29, 0.717) is 18.2 Å². The van der Waals surface area contributed by atoms with E-state index in [1.807, 2.05) is 24.3 Å². The van der Waals surface area contributed by atoms with E-state index >= 15 is 0 Å². The Bertz CT molecular complexity index is 923. The van der Waals surface area contributed by atoms with E-state index in [1.54, 1.807) is 20.9 Å². The molecule has 0 bridgehead atoms. The molecule has 1 heterocycles. The first-order valence-electron chi connectivity index (χ1n) is 8.65. The molecule has 26 heavy (non-hydrogen) atoms. The van der Waals surface area contributed by atoms with Gasteiger partial charge in [-0.25, -0.2) is 4.98 Å². The lowest BCUT2D eigenvalue weighted by Gasteiger charge is -2.14. The second-order valence-corrected chi connectivity index (χ2v) is 7.59. The molecule has 1 N–H and O–H groups in total. The number of nitrogens with zero attached hydrogens (tertiary/aromatic N) is 1. The lowest BCUT2D eigenvalue weighted by molar-refractivity contribution is 0.229. The molecule has 6 nitrogen and oxygen atoms in total. The lowest BCUT2D eigenvalue weighted by atomic mass is 10.0. The molecule has 7 heteroatoms. The third-order valence-electron chi connectivity index (χ3n) is 3.96. The zero-order chi connectivity index (χ0) is 18.6. The van der Waals surface area contributed by atoms with E-state index < -0.39 is 7.60 Å². The number of aromatic nitrogens is 1. The summed E-state index contributed by atoms with van der Waals surface area (Å²) in [7, 11) is -1.84. The summed E-state index contributed by atoms with van der Waals surface area (Å²) < 4.78 is 29.7. The van der Waals surface area contributed by atoms with Crippen LogP contribution in [0.1, 0.15) is 25.3 Å². The summed E-state index contributed by atoms with van der Waals surface area (Å²) in [6.45, 7) is 4.04. The molecule has 0 aliphatic heterocycles. The first kappa shape index (κ1) is 18.6. The maximum atomic E-state index is 13.1. The van der Waals surface area contributed by atoms with Gasteiger partial charge in [-0.15, -0.1) is 0 Å². The first-order chi connectivity index (χ1) is 12.6. The van der Waals surface area contributed by atoms with Crippen LogP contribution in [-0.2, 0) is 20.0 Å². The predicted octanol–water partition coefficient (Wildman–Crippen LogP) is 4.35. The Morgan fingerprint density at radius 3 is 2.46 bits per heavy atom. The van der Waals surface area contributed by atoms with Crippen LogP contribution in [0.3, 0.4) is 0 Å². The van der Waals surface area contributed by atoms with Crippen molar-refractivity contribution in [3.05, 3.63) is 53.9 Å². The minimum atomic E-state index is -3.53. The highest BCUT2D eigenvalue weighted by Gasteiger charge is 2.35. The third kappa shape index (κ3) is 3.68. The van der Waals surface area contributed by atoms with E-state index in [9.17, 15) is 4.57 Å². The SMILES string of the molecule is CCOP(=O)(OCC)c1nc(Cc2cccc3ccccc23)oc1NC. The fourth-order valence-electron chi connectivity index (χ4n) is 2.89. The van der Waals surface area contributed by atoms with Crippen LogP contribution in [-0.4, -0.2) is 25.2 Å². The summed E-state index contributed by atoms with van der Waals surface area (Å²) in [4.78, 5) is 4.45. The molecule has 138 valence electrons. The summed E-state index contributed by atoms with van der Waals surface area (Å²) in [5.41, 5.74) is 1.28. The van der Waals surface area contributed by atoms with Gasteiger partial charge in [-0.1, -0.05) is 42.5 Å². The number of hydrogen-bond donors (Lipinski definition) is 1. The molecule has 0 unspecified atom stereocenters. The minimum Gasteiger partial charge on any atom is -0.424 e. The van der Waals surface area contributed by atoms with Gasteiger partial charge in [0, 0.05) is 7.05 Å². The molecule has 0 aliphatic rings. The van der Waals surface area contributed by atoms with Crippen molar-refractivity contribution in [2.75, 3.05) is 25.6 Å². The van der Waals surface area contributed by atoms with Crippen molar-refractivity contribution >= 4 is 29.7 Å². The van der Waals surface area contributed by atoms with E-state index in [2.05, 4.69) is 28.5 Å². The van der Waals surface area contributed by atoms with Gasteiger partial charge in [0.1, 0.15) is 0 Å². The average Bonchev–Trinajstić information content (AvgIpc) is 3.06. The molecule has 0 aliphatic carbocycles. The van der Waals surface area contributed by atoms with Crippen LogP contribution in [0.15, 0.2) is 46.9 Å². The molecule has 0 atom stereocenters. The molecule has 1 aromatic heterocycles. The number of nitrogens with one attached hydrogen (secondary N) is 1. The normalized spacial score (nSPS) is 11.8. The molecule has 3 aromatic rings. The van der Waals surface area contributed by atoms with Crippen LogP contribution in [0.4, 0.5) is 5.88 Å². The molecule has 0 fully saturated rings. The van der Waals surface area contributed by atoms with Gasteiger partial charge in [-0.2, -0.15) is 0 Å². The Balaban J connectivity index is 1.99. The highest BCUT2D eigenvalue weighted by molar-refractivity contribution is 7.62. The Kier molecular flexibility index (Phi) is 5.77. The van der Waals surface area contributed by atoms with Crippen molar-refractivity contribution in [3.8, 4) is 0 Å². The Morgan fingerprint density at radius 2 is 1.77 bits per heavy atom. The van der Waals surface area contributed by atoms with Crippen molar-refractivity contribution in [1.29, 1.82) is 0 Å². The fraction of sp³-hybridized carbons (Fsp3) is 0.316. The molecule has 0 spiro atoms. The summed E-state index contributed by atoms with van der Waals surface area (Å²) in [6, 6.07) is 14.3. The number of benzene rings is 2. The monoisotopic (exact) mass is 374 g/mol. The highest BCUT2D eigenvalue weighted by atomic mass is 31.2. The number of anilines is 1. The summed E-state index contributed by atoms with van der Waals surface area (Å²) in [5, 5.41) is 5.19. The maximum absolute atomic E-state index is 13.1. The van der Waals surface area contributed by atoms with Crippen LogP contribution in [0, 0.1) is 0 Å². The molecule has 0 amide bonds. The number of hydrogen-bond acceptors (Lipinski definition) is 6. The molecule has 0 saturated heterocycles. The van der Waals surface area contributed by atoms with Crippen molar-refractivity contribution < 1.29 is 18.0 Å². The summed E-state index contributed by atoms with van der Waals surface area (Å²) >= 11 is 0. The second-order valence-electron chi connectivity index (χ2n) is 5.66. The molecule has 3 rings (SSSR count). The van der Waals surface area contributed by atoms with Crippen molar-refractivity contribution in [2.24, 2.45) is 0 Å². The van der Waals surface area contributed by atoms with E-state index in [-0.39, 0.29) is 18.6 Å². The zero-order valence-electron chi connectivity index (χ0n) is 15.2. The van der Waals surface area contributed by atoms with Crippen LogP contribution in [0.25, 0.3) is 10.8 Å². The van der Waals surface area contributed by atoms with Gasteiger partial charge in [0.25, 0.3) is 0 Å². The van der Waals surface area contributed by atoms with Crippen LogP contribution >= 0.6 is 7.60 Å². The van der Waals surface area contributed by atoms with Gasteiger partial charge < -0.3 is 18.8 Å². The van der Waals surface area contributed by atoms with Crippen LogP contribution in [0.2, 0.25) is 0 Å². The topological polar surface area (TPSA) is 73.6 Å². The molecule has 0 saturated carbocycles. The Morgan fingerprint density at radius 1 is 1.08 bits per heavy atom. The molecule has 2 aromatic carbocycles. The largest absolute Gasteiger partial charge is 0.424 e. The summed E-state index contributed by atoms with van der Waals surface area (Å²) in [6.07, 6.45) is 0.480. The van der Waals surface area contributed by atoms with Gasteiger partial charge in [0.05, 0.1) is 19.6 Å². The molecular formula is C19H23N2O4P. The fourth-order valence-corrected chi connectivity index (χ4v) is 4.53. The van der Waals surface area contributed by atoms with E-state index in [0.717, 1.165) is 16.3 Å². The third-order valence-corrected chi connectivity index (χ3v) is 5.98. The van der Waals surface area contributed by atoms with Gasteiger partial charge in [-0.05, 0) is 30.2 Å². The van der Waals surface area contributed by atoms with E-state index in [1.165, 1.54) is 0 Å². The standard InChI is InChI=1S/C19H23N2O4P/c1-4-23-26(22,24-5-2)19-18(20-3)25-17(21-19)13-15-11-8-10-14-9-6-7-12-16(14)15/h6-12,20H,4-5,13H2,1-3H3. The van der Waals surface area contributed by atoms with Crippen molar-refractivity contribution in [3.63, 3.8) is 0 Å². The second kappa shape index (κ2) is 8.04. The minimum absolute atomic E-state index is 0.193. The number of fused-ring (bicyclic) bond motifs is 1. The van der Waals surface area contributed by atoms with Gasteiger partial charge in [-0.3, -0.25) is 4.57 Å². The lowest BCUT2D eigenvalue weighted by Crippen LogP contribution is -2.15. The van der Waals surface area contributed by atoms with Crippen LogP contribution < -0.4 is 10.8 Å². The molecule has 0 radical (unpaired) electrons. The average molecular weight is 374 g/mol. The number of oxazole rings is 1. The quantitative estimate of drug-likeness (QED) is 0.591. The van der Waals surface area contributed by atoms with E-state index in [4.69, 9.17) is 13.5 Å². The Labute approximate surface area is 153 Å². The van der Waals surface area contributed by atoms with Crippen LogP contribution in [0.5, 0.6) is 0 Å².